The third-order valence-corrected chi connectivity index (χ3v) is 6.50. The zero-order chi connectivity index (χ0) is 27.6. The van der Waals surface area contributed by atoms with Gasteiger partial charge in [0.25, 0.3) is 0 Å². The van der Waals surface area contributed by atoms with Crippen molar-refractivity contribution in [2.24, 2.45) is 0 Å². The number of rotatable bonds is 8. The van der Waals surface area contributed by atoms with E-state index in [4.69, 9.17) is 23.7 Å². The highest BCUT2D eigenvalue weighted by atomic mass is 16.7. The second kappa shape index (κ2) is 12.8. The lowest BCUT2D eigenvalue weighted by Gasteiger charge is -2.49. The zero-order valence-electron chi connectivity index (χ0n) is 19.7. The molecule has 11 N–H and O–H groups in total. The van der Waals surface area contributed by atoms with Crippen molar-refractivity contribution in [3.8, 4) is 0 Å². The average molecular weight is 545 g/mol. The van der Waals surface area contributed by atoms with Crippen molar-refractivity contribution in [3.05, 3.63) is 0 Å². The predicted molar refractivity (Wildman–Crippen MR) is 113 cm³/mol. The van der Waals surface area contributed by atoms with Crippen LogP contribution in [0.4, 0.5) is 0 Å². The number of carbonyl (C=O) groups is 1. The van der Waals surface area contributed by atoms with E-state index in [1.54, 1.807) is 0 Å². The number of ether oxygens (including phenoxy) is 5. The summed E-state index contributed by atoms with van der Waals surface area (Å²) >= 11 is 0. The molecule has 0 aromatic heterocycles. The molecule has 3 saturated heterocycles. The average Bonchev–Trinajstić information content (AvgIpc) is 2.86. The molecule has 0 aromatic carbocycles. The van der Waals surface area contributed by atoms with E-state index in [1.807, 2.05) is 0 Å². The lowest BCUT2D eigenvalue weighted by molar-refractivity contribution is -0.367. The Hall–Kier alpha value is -1.13. The van der Waals surface area contributed by atoms with E-state index >= 15 is 0 Å². The number of aliphatic hydroxyl groups excluding tert-OH is 10. The number of carbonyl (C=O) groups excluding carboxylic acids is 1. The van der Waals surface area contributed by atoms with E-state index in [-0.39, 0.29) is 0 Å². The maximum atomic E-state index is 12.0. The molecule has 17 heteroatoms. The molecule has 0 aromatic rings. The molecule has 1 unspecified atom stereocenters. The number of aliphatic hydroxyl groups is 10. The molecule has 0 aliphatic carbocycles. The standard InChI is InChI=1S/C20H35NO16/c1-5(25)21-9-16(36-20-15(31)13(29)10(26)7(3-23)35-20)12(28)8(4-24)34-19(9)37-17-14(30)11(27)6(2-22)33-18(17)32/h6-20,22-24,26-32H,2-4H2,1H3,(H,21,25)/t6-,7-,8-,9-,10+,11-,12-,13+,14+,15-,16-,17+,18?,19+,20-/m1/s1. The van der Waals surface area contributed by atoms with Gasteiger partial charge in [0.15, 0.2) is 18.9 Å². The predicted octanol–water partition coefficient (Wildman–Crippen LogP) is -7.43. The van der Waals surface area contributed by atoms with Crippen molar-refractivity contribution in [3.63, 3.8) is 0 Å². The Morgan fingerprint density at radius 2 is 1.14 bits per heavy atom. The van der Waals surface area contributed by atoms with Crippen molar-refractivity contribution in [1.82, 2.24) is 5.32 Å². The Balaban J connectivity index is 1.88. The van der Waals surface area contributed by atoms with Crippen LogP contribution in [0.5, 0.6) is 0 Å². The van der Waals surface area contributed by atoms with Crippen LogP contribution in [-0.2, 0) is 28.5 Å². The van der Waals surface area contributed by atoms with Gasteiger partial charge in [0.1, 0.15) is 73.2 Å². The van der Waals surface area contributed by atoms with Crippen molar-refractivity contribution >= 4 is 5.91 Å². The minimum atomic E-state index is -1.89. The highest BCUT2D eigenvalue weighted by molar-refractivity contribution is 5.73. The normalized spacial score (nSPS) is 49.0. The first kappa shape index (κ1) is 30.4. The number of hydrogen-bond donors (Lipinski definition) is 11. The number of nitrogens with one attached hydrogen (secondary N) is 1. The maximum absolute atomic E-state index is 12.0. The summed E-state index contributed by atoms with van der Waals surface area (Å²) in [5.41, 5.74) is 0. The minimum Gasteiger partial charge on any atom is -0.394 e. The topological polar surface area (TPSA) is 278 Å². The van der Waals surface area contributed by atoms with Gasteiger partial charge >= 0.3 is 0 Å². The molecule has 3 rings (SSSR count). The molecule has 15 atom stereocenters. The van der Waals surface area contributed by atoms with Gasteiger partial charge in [-0.2, -0.15) is 0 Å². The van der Waals surface area contributed by atoms with Gasteiger partial charge in [-0.05, 0) is 0 Å². The second-order valence-electron chi connectivity index (χ2n) is 9.07. The van der Waals surface area contributed by atoms with Crippen LogP contribution in [0.15, 0.2) is 0 Å². The molecular weight excluding hydrogens is 510 g/mol. The van der Waals surface area contributed by atoms with Crippen molar-refractivity contribution in [2.75, 3.05) is 19.8 Å². The molecule has 216 valence electrons. The summed E-state index contributed by atoms with van der Waals surface area (Å²) in [6.07, 6.45) is -23.4. The summed E-state index contributed by atoms with van der Waals surface area (Å²) < 4.78 is 27.1. The molecule has 1 amide bonds. The summed E-state index contributed by atoms with van der Waals surface area (Å²) in [5.74, 6) is -0.694. The van der Waals surface area contributed by atoms with E-state index in [9.17, 15) is 55.9 Å². The molecule has 3 aliphatic heterocycles. The smallest absolute Gasteiger partial charge is 0.217 e. The van der Waals surface area contributed by atoms with Crippen LogP contribution < -0.4 is 5.32 Å². The molecule has 37 heavy (non-hydrogen) atoms. The molecule has 0 radical (unpaired) electrons. The van der Waals surface area contributed by atoms with Gasteiger partial charge in [0.05, 0.1) is 19.8 Å². The van der Waals surface area contributed by atoms with Gasteiger partial charge in [-0.1, -0.05) is 0 Å². The van der Waals surface area contributed by atoms with E-state index < -0.39 is 118 Å². The van der Waals surface area contributed by atoms with E-state index in [0.717, 1.165) is 6.92 Å². The lowest BCUT2D eigenvalue weighted by atomic mass is 9.94. The molecule has 17 nitrogen and oxygen atoms in total. The Bertz CT molecular complexity index is 745. The number of amides is 1. The molecule has 3 aliphatic rings. The fraction of sp³-hybridized carbons (Fsp3) is 0.950. The van der Waals surface area contributed by atoms with Crippen LogP contribution in [0.1, 0.15) is 6.92 Å². The summed E-state index contributed by atoms with van der Waals surface area (Å²) in [4.78, 5) is 12.0. The van der Waals surface area contributed by atoms with Gasteiger partial charge in [-0.15, -0.1) is 0 Å². The summed E-state index contributed by atoms with van der Waals surface area (Å²) in [6, 6.07) is -1.48. The van der Waals surface area contributed by atoms with Crippen molar-refractivity contribution in [1.29, 1.82) is 0 Å². The van der Waals surface area contributed by atoms with E-state index in [2.05, 4.69) is 5.32 Å². The van der Waals surface area contributed by atoms with E-state index in [1.165, 1.54) is 0 Å². The lowest BCUT2D eigenvalue weighted by Crippen LogP contribution is -2.69. The Kier molecular flexibility index (Phi) is 10.5. The highest BCUT2D eigenvalue weighted by Crippen LogP contribution is 2.32. The monoisotopic (exact) mass is 545 g/mol. The third kappa shape index (κ3) is 6.38. The molecular formula is C20H35NO16. The Morgan fingerprint density at radius 1 is 0.649 bits per heavy atom. The van der Waals surface area contributed by atoms with Gasteiger partial charge < -0.3 is 80.1 Å². The van der Waals surface area contributed by atoms with Crippen LogP contribution >= 0.6 is 0 Å². The largest absolute Gasteiger partial charge is 0.394 e. The van der Waals surface area contributed by atoms with E-state index in [0.29, 0.717) is 0 Å². The first-order valence-corrected chi connectivity index (χ1v) is 11.6. The first-order valence-electron chi connectivity index (χ1n) is 11.6. The highest BCUT2D eigenvalue weighted by Gasteiger charge is 2.54. The molecule has 3 fully saturated rings. The van der Waals surface area contributed by atoms with Crippen LogP contribution in [0.2, 0.25) is 0 Å². The summed E-state index contributed by atoms with van der Waals surface area (Å²) in [6.45, 7) is -1.22. The quantitative estimate of drug-likeness (QED) is 0.135. The molecule has 0 spiro atoms. The van der Waals surface area contributed by atoms with Crippen LogP contribution in [0, 0.1) is 0 Å². The molecule has 3 heterocycles. The van der Waals surface area contributed by atoms with Crippen LogP contribution in [0.25, 0.3) is 0 Å². The number of hydrogen-bond acceptors (Lipinski definition) is 16. The minimum absolute atomic E-state index is 0.694. The van der Waals surface area contributed by atoms with Crippen molar-refractivity contribution < 1.29 is 79.5 Å². The summed E-state index contributed by atoms with van der Waals surface area (Å²) in [7, 11) is 0. The Labute approximate surface area is 210 Å². The fourth-order valence-electron chi connectivity index (χ4n) is 4.44. The second-order valence-corrected chi connectivity index (χ2v) is 9.07. The molecule has 0 saturated carbocycles. The van der Waals surface area contributed by atoms with Crippen LogP contribution in [0.3, 0.4) is 0 Å². The maximum Gasteiger partial charge on any atom is 0.217 e. The third-order valence-electron chi connectivity index (χ3n) is 6.50. The van der Waals surface area contributed by atoms with Gasteiger partial charge in [0.2, 0.25) is 5.91 Å². The van der Waals surface area contributed by atoms with Crippen molar-refractivity contribution in [2.45, 2.75) is 99.0 Å². The van der Waals surface area contributed by atoms with Gasteiger partial charge in [-0.25, -0.2) is 0 Å². The van der Waals surface area contributed by atoms with Gasteiger partial charge in [0, 0.05) is 6.92 Å². The zero-order valence-corrected chi connectivity index (χ0v) is 19.7. The van der Waals surface area contributed by atoms with Crippen LogP contribution in [-0.4, -0.2) is 169 Å². The van der Waals surface area contributed by atoms with Gasteiger partial charge in [-0.3, -0.25) is 4.79 Å². The first-order chi connectivity index (χ1) is 17.4. The SMILES string of the molecule is CC(=O)N[C@H]1[C@H](O[C@@H]2C(O)O[C@H](CO)[C@@H](O)[C@@H]2O)O[C@H](CO)[C@@H](O)[C@@H]1O[C@H]1O[C@H](CO)[C@H](O)[C@H](O)[C@H]1O. The fourth-order valence-corrected chi connectivity index (χ4v) is 4.44. The summed E-state index contributed by atoms with van der Waals surface area (Å²) in [5, 5.41) is 103. The Morgan fingerprint density at radius 3 is 1.70 bits per heavy atom. The molecule has 0 bridgehead atoms.